The summed E-state index contributed by atoms with van der Waals surface area (Å²) in [6, 6.07) is 14.6. The fraction of sp³-hybridized carbons (Fsp3) is 0.125. The van der Waals surface area contributed by atoms with Gasteiger partial charge in [0, 0.05) is 3.57 Å². The van der Waals surface area contributed by atoms with E-state index >= 15 is 0 Å². The molecule has 3 rings (SSSR count). The molecule has 3 nitrogen and oxygen atoms in total. The second-order valence-corrected chi connectivity index (χ2v) is 6.00. The zero-order valence-corrected chi connectivity index (χ0v) is 13.0. The highest BCUT2D eigenvalue weighted by Crippen LogP contribution is 2.31. The number of halogens is 1. The number of carbonyl (C=O) groups is 2. The van der Waals surface area contributed by atoms with Crippen LogP contribution in [0.3, 0.4) is 0 Å². The lowest BCUT2D eigenvalue weighted by molar-refractivity contribution is 0.0595. The predicted octanol–water partition coefficient (Wildman–Crippen LogP) is 3.65. The maximum absolute atomic E-state index is 12.4. The van der Waals surface area contributed by atoms with E-state index in [9.17, 15) is 9.59 Å². The largest absolute Gasteiger partial charge is 0.269 e. The Balaban J connectivity index is 1.98. The van der Waals surface area contributed by atoms with Crippen LogP contribution in [0, 0.1) is 3.57 Å². The maximum Gasteiger partial charge on any atom is 0.262 e. The molecule has 0 saturated heterocycles. The molecule has 0 fully saturated rings. The first-order valence-electron chi connectivity index (χ1n) is 6.32. The van der Waals surface area contributed by atoms with Gasteiger partial charge in [0.05, 0.1) is 17.2 Å². The summed E-state index contributed by atoms with van der Waals surface area (Å²) in [4.78, 5) is 26.1. The summed E-state index contributed by atoms with van der Waals surface area (Å²) in [5.74, 6) is -0.423. The van der Waals surface area contributed by atoms with Crippen LogP contribution in [0.1, 0.15) is 39.2 Å². The number of hydrogen-bond donors (Lipinski definition) is 0. The first-order chi connectivity index (χ1) is 9.59. The number of rotatable bonds is 2. The Morgan fingerprint density at radius 3 is 1.90 bits per heavy atom. The summed E-state index contributed by atoms with van der Waals surface area (Å²) in [6.45, 7) is 1.88. The molecule has 0 bridgehead atoms. The van der Waals surface area contributed by atoms with Crippen molar-refractivity contribution in [2.24, 2.45) is 0 Å². The molecule has 0 radical (unpaired) electrons. The molecule has 1 atom stereocenters. The minimum atomic E-state index is -0.264. The molecule has 1 heterocycles. The molecule has 2 amide bonds. The van der Waals surface area contributed by atoms with Crippen LogP contribution in [0.5, 0.6) is 0 Å². The van der Waals surface area contributed by atoms with Gasteiger partial charge in [-0.3, -0.25) is 14.5 Å². The van der Waals surface area contributed by atoms with Crippen LogP contribution in [0.2, 0.25) is 0 Å². The van der Waals surface area contributed by atoms with E-state index in [1.165, 1.54) is 4.90 Å². The third-order valence-electron chi connectivity index (χ3n) is 3.57. The highest BCUT2D eigenvalue weighted by Gasteiger charge is 2.38. The molecule has 100 valence electrons. The minimum absolute atomic E-state index is 0.211. The van der Waals surface area contributed by atoms with Gasteiger partial charge in [-0.15, -0.1) is 0 Å². The van der Waals surface area contributed by atoms with Gasteiger partial charge in [0.2, 0.25) is 0 Å². The van der Waals surface area contributed by atoms with Crippen molar-refractivity contribution >= 4 is 34.4 Å². The van der Waals surface area contributed by atoms with Crippen molar-refractivity contribution in [1.82, 2.24) is 4.90 Å². The Kier molecular flexibility index (Phi) is 3.33. The van der Waals surface area contributed by atoms with E-state index in [0.29, 0.717) is 11.1 Å². The molecule has 0 aromatic heterocycles. The molecular weight excluding hydrogens is 365 g/mol. The first-order valence-corrected chi connectivity index (χ1v) is 7.40. The van der Waals surface area contributed by atoms with Crippen LogP contribution in [0.4, 0.5) is 0 Å². The quantitative estimate of drug-likeness (QED) is 0.592. The van der Waals surface area contributed by atoms with E-state index in [1.807, 2.05) is 31.2 Å². The number of imide groups is 1. The average Bonchev–Trinajstić information content (AvgIpc) is 2.72. The molecule has 4 heteroatoms. The number of amides is 2. The molecule has 20 heavy (non-hydrogen) atoms. The highest BCUT2D eigenvalue weighted by atomic mass is 127. The van der Waals surface area contributed by atoms with Crippen molar-refractivity contribution in [3.8, 4) is 0 Å². The molecule has 1 aliphatic rings. The van der Waals surface area contributed by atoms with Gasteiger partial charge in [0.1, 0.15) is 0 Å². The fourth-order valence-electron chi connectivity index (χ4n) is 2.45. The maximum atomic E-state index is 12.4. The third-order valence-corrected chi connectivity index (χ3v) is 4.28. The SMILES string of the molecule is C[C@@H](c1ccc(I)cc1)N1C(=O)c2ccccc2C1=O. The average molecular weight is 377 g/mol. The van der Waals surface area contributed by atoms with Crippen molar-refractivity contribution in [3.63, 3.8) is 0 Å². The lowest BCUT2D eigenvalue weighted by atomic mass is 10.1. The van der Waals surface area contributed by atoms with Crippen LogP contribution in [0.15, 0.2) is 48.5 Å². The van der Waals surface area contributed by atoms with Crippen molar-refractivity contribution < 1.29 is 9.59 Å². The topological polar surface area (TPSA) is 37.4 Å². The predicted molar refractivity (Wildman–Crippen MR) is 84.5 cm³/mol. The molecule has 0 unspecified atom stereocenters. The van der Waals surface area contributed by atoms with Gasteiger partial charge in [-0.05, 0) is 59.3 Å². The molecule has 0 N–H and O–H groups in total. The van der Waals surface area contributed by atoms with Gasteiger partial charge in [-0.2, -0.15) is 0 Å². The number of fused-ring (bicyclic) bond motifs is 1. The fourth-order valence-corrected chi connectivity index (χ4v) is 2.81. The van der Waals surface area contributed by atoms with E-state index in [0.717, 1.165) is 9.13 Å². The summed E-state index contributed by atoms with van der Waals surface area (Å²) >= 11 is 2.23. The number of hydrogen-bond acceptors (Lipinski definition) is 2. The Labute approximate surface area is 130 Å². The second kappa shape index (κ2) is 5.01. The molecular formula is C16H12INO2. The van der Waals surface area contributed by atoms with E-state index in [4.69, 9.17) is 0 Å². The Bertz CT molecular complexity index is 659. The summed E-state index contributed by atoms with van der Waals surface area (Å²) in [5, 5.41) is 0. The molecule has 0 aliphatic carbocycles. The van der Waals surface area contributed by atoms with E-state index in [1.54, 1.807) is 24.3 Å². The van der Waals surface area contributed by atoms with Crippen LogP contribution < -0.4 is 0 Å². The summed E-state index contributed by atoms with van der Waals surface area (Å²) in [5.41, 5.74) is 1.95. The summed E-state index contributed by atoms with van der Waals surface area (Å²) in [7, 11) is 0. The summed E-state index contributed by atoms with van der Waals surface area (Å²) in [6.07, 6.45) is 0. The number of benzene rings is 2. The van der Waals surface area contributed by atoms with E-state index in [-0.39, 0.29) is 17.9 Å². The van der Waals surface area contributed by atoms with Crippen LogP contribution in [-0.4, -0.2) is 16.7 Å². The van der Waals surface area contributed by atoms with Gasteiger partial charge in [0.25, 0.3) is 11.8 Å². The second-order valence-electron chi connectivity index (χ2n) is 4.75. The lowest BCUT2D eigenvalue weighted by Gasteiger charge is -2.22. The van der Waals surface area contributed by atoms with Crippen molar-refractivity contribution in [1.29, 1.82) is 0 Å². The third kappa shape index (κ3) is 2.04. The molecule has 2 aromatic carbocycles. The monoisotopic (exact) mass is 377 g/mol. The zero-order chi connectivity index (χ0) is 14.3. The normalized spacial score (nSPS) is 15.4. The van der Waals surface area contributed by atoms with Crippen molar-refractivity contribution in [3.05, 3.63) is 68.8 Å². The highest BCUT2D eigenvalue weighted by molar-refractivity contribution is 14.1. The first kappa shape index (κ1) is 13.3. The lowest BCUT2D eigenvalue weighted by Crippen LogP contribution is -2.32. The van der Waals surface area contributed by atoms with Crippen molar-refractivity contribution in [2.75, 3.05) is 0 Å². The summed E-state index contributed by atoms with van der Waals surface area (Å²) < 4.78 is 1.13. The molecule has 2 aromatic rings. The van der Waals surface area contributed by atoms with Gasteiger partial charge in [0.15, 0.2) is 0 Å². The van der Waals surface area contributed by atoms with Crippen LogP contribution in [0.25, 0.3) is 0 Å². The van der Waals surface area contributed by atoms with Gasteiger partial charge >= 0.3 is 0 Å². The van der Waals surface area contributed by atoms with Gasteiger partial charge < -0.3 is 0 Å². The van der Waals surface area contributed by atoms with Crippen molar-refractivity contribution in [2.45, 2.75) is 13.0 Å². The minimum Gasteiger partial charge on any atom is -0.269 e. The number of carbonyl (C=O) groups excluding carboxylic acids is 2. The molecule has 0 spiro atoms. The van der Waals surface area contributed by atoms with E-state index < -0.39 is 0 Å². The molecule has 1 aliphatic heterocycles. The smallest absolute Gasteiger partial charge is 0.262 e. The van der Waals surface area contributed by atoms with Gasteiger partial charge in [-0.1, -0.05) is 24.3 Å². The van der Waals surface area contributed by atoms with Crippen LogP contribution in [-0.2, 0) is 0 Å². The van der Waals surface area contributed by atoms with Gasteiger partial charge in [-0.25, -0.2) is 0 Å². The number of nitrogens with zero attached hydrogens (tertiary/aromatic N) is 1. The Hall–Kier alpha value is -1.69. The molecule has 0 saturated carbocycles. The standard InChI is InChI=1S/C16H12INO2/c1-10(11-6-8-12(17)9-7-11)18-15(19)13-4-2-3-5-14(13)16(18)20/h2-10H,1H3/t10-/m0/s1. The van der Waals surface area contributed by atoms with Crippen LogP contribution >= 0.6 is 22.6 Å². The van der Waals surface area contributed by atoms with E-state index in [2.05, 4.69) is 22.6 Å². The Morgan fingerprint density at radius 2 is 1.40 bits per heavy atom. The Morgan fingerprint density at radius 1 is 0.900 bits per heavy atom. The zero-order valence-electron chi connectivity index (χ0n) is 10.8.